The Bertz CT molecular complexity index is 1060. The summed E-state index contributed by atoms with van der Waals surface area (Å²) in [5.41, 5.74) is 2.55. The van der Waals surface area contributed by atoms with Crippen LogP contribution in [0, 0.1) is 10.1 Å². The topological polar surface area (TPSA) is 65.1 Å². The minimum Gasteiger partial charge on any atom is -0.340 e. The summed E-state index contributed by atoms with van der Waals surface area (Å²) in [5.74, 6) is -0.0855. The van der Waals surface area contributed by atoms with Gasteiger partial charge >= 0.3 is 0 Å². The third-order valence-corrected chi connectivity index (χ3v) is 4.37. The van der Waals surface area contributed by atoms with Gasteiger partial charge in [0.15, 0.2) is 5.78 Å². The summed E-state index contributed by atoms with van der Waals surface area (Å²) < 4.78 is 1.92. The normalized spacial score (nSPS) is 11.0. The lowest BCUT2D eigenvalue weighted by molar-refractivity contribution is -0.384. The van der Waals surface area contributed by atoms with Crippen molar-refractivity contribution in [3.05, 3.63) is 88.6 Å². The number of nitrogens with zero attached hydrogens (tertiary/aromatic N) is 2. The maximum Gasteiger partial charge on any atom is 0.269 e. The van der Waals surface area contributed by atoms with E-state index in [4.69, 9.17) is 0 Å². The van der Waals surface area contributed by atoms with Crippen molar-refractivity contribution in [2.45, 2.75) is 6.54 Å². The van der Waals surface area contributed by atoms with Crippen LogP contribution in [0.3, 0.4) is 0 Å². The number of pyridine rings is 1. The second-order valence-electron chi connectivity index (χ2n) is 5.89. The average molecular weight is 330 g/mol. The highest BCUT2D eigenvalue weighted by molar-refractivity contribution is 6.02. The number of hydrogen-bond donors (Lipinski definition) is 0. The molecule has 2 aromatic rings. The van der Waals surface area contributed by atoms with E-state index in [9.17, 15) is 14.9 Å². The maximum atomic E-state index is 12.6. The monoisotopic (exact) mass is 330 g/mol. The van der Waals surface area contributed by atoms with Crippen LogP contribution < -0.4 is 0 Å². The van der Waals surface area contributed by atoms with E-state index >= 15 is 0 Å². The van der Waals surface area contributed by atoms with Crippen molar-refractivity contribution >= 4 is 22.2 Å². The van der Waals surface area contributed by atoms with E-state index in [1.54, 1.807) is 0 Å². The number of carbonyl (C=O) groups is 1. The molecule has 0 saturated heterocycles. The van der Waals surface area contributed by atoms with Crippen molar-refractivity contribution < 1.29 is 9.72 Å². The highest BCUT2D eigenvalue weighted by Crippen LogP contribution is 2.33. The van der Waals surface area contributed by atoms with Crippen LogP contribution in [0.2, 0.25) is 0 Å². The van der Waals surface area contributed by atoms with Crippen molar-refractivity contribution in [2.24, 2.45) is 0 Å². The van der Waals surface area contributed by atoms with Gasteiger partial charge in [0, 0.05) is 35.2 Å². The number of nitro groups is 1. The van der Waals surface area contributed by atoms with Gasteiger partial charge in [0.05, 0.1) is 11.5 Å². The van der Waals surface area contributed by atoms with E-state index in [2.05, 4.69) is 18.2 Å². The fourth-order valence-corrected chi connectivity index (χ4v) is 3.12. The van der Waals surface area contributed by atoms with Crippen LogP contribution in [0.4, 0.5) is 5.69 Å². The fourth-order valence-electron chi connectivity index (χ4n) is 3.12. The second kappa shape index (κ2) is 5.87. The quantitative estimate of drug-likeness (QED) is 0.313. The van der Waals surface area contributed by atoms with Crippen LogP contribution in [-0.2, 0) is 6.54 Å². The first-order valence-electron chi connectivity index (χ1n) is 7.88. The molecular formula is C20H14N2O3. The molecule has 2 aromatic carbocycles. The van der Waals surface area contributed by atoms with Crippen LogP contribution in [0.1, 0.15) is 10.4 Å². The maximum absolute atomic E-state index is 12.6. The zero-order chi connectivity index (χ0) is 17.4. The molecule has 0 spiro atoms. The summed E-state index contributed by atoms with van der Waals surface area (Å²) in [5, 5.41) is 13.0. The molecule has 1 aliphatic heterocycles. The van der Waals surface area contributed by atoms with E-state index < -0.39 is 4.92 Å². The second-order valence-corrected chi connectivity index (χ2v) is 5.89. The van der Waals surface area contributed by atoms with E-state index in [1.807, 2.05) is 35.0 Å². The molecular weight excluding hydrogens is 316 g/mol. The standard InChI is InChI=1S/C20H14N2O3/c23-20(14-7-9-16(10-8-14)22(24)25)13-21-11-3-6-18-17-5-2-1-4-15(17)12-19(18)21/h1-12H,13H2. The summed E-state index contributed by atoms with van der Waals surface area (Å²) in [6.07, 6.45) is 1.88. The number of benzene rings is 2. The highest BCUT2D eigenvalue weighted by atomic mass is 16.6. The number of aromatic nitrogens is 1. The smallest absolute Gasteiger partial charge is 0.269 e. The zero-order valence-corrected chi connectivity index (χ0v) is 13.3. The van der Waals surface area contributed by atoms with Gasteiger partial charge in [0.1, 0.15) is 0 Å². The molecule has 4 rings (SSSR count). The van der Waals surface area contributed by atoms with Crippen molar-refractivity contribution in [3.8, 4) is 11.3 Å². The number of non-ortho nitro benzene ring substituents is 1. The SMILES string of the molecule is O=C(Cn1cccc2c3ccccc3cc1-2)c1ccc([N+](=O)[O-])cc1. The number of nitro benzene ring substituents is 1. The number of carbonyl (C=O) groups excluding carboxylic acids is 1. The van der Waals surface area contributed by atoms with Gasteiger partial charge in [-0.3, -0.25) is 14.9 Å². The molecule has 5 nitrogen and oxygen atoms in total. The van der Waals surface area contributed by atoms with E-state index in [1.165, 1.54) is 24.3 Å². The van der Waals surface area contributed by atoms with E-state index in [0.717, 1.165) is 22.0 Å². The van der Waals surface area contributed by atoms with Gasteiger partial charge in [-0.2, -0.15) is 0 Å². The molecule has 0 radical (unpaired) electrons. The first-order valence-corrected chi connectivity index (χ1v) is 7.88. The fraction of sp³-hybridized carbons (Fsp3) is 0.0500. The molecule has 1 heterocycles. The first-order chi connectivity index (χ1) is 12.1. The number of ketones is 1. The van der Waals surface area contributed by atoms with Crippen molar-refractivity contribution in [1.29, 1.82) is 0 Å². The van der Waals surface area contributed by atoms with Crippen molar-refractivity contribution in [3.63, 3.8) is 0 Å². The molecule has 0 saturated carbocycles. The molecule has 25 heavy (non-hydrogen) atoms. The predicted octanol–water partition coefficient (Wildman–Crippen LogP) is 4.54. The summed E-state index contributed by atoms with van der Waals surface area (Å²) in [4.78, 5) is 22.8. The Labute approximate surface area is 143 Å². The molecule has 0 atom stereocenters. The molecule has 122 valence electrons. The Morgan fingerprint density at radius 3 is 2.52 bits per heavy atom. The Balaban J connectivity index is 1.67. The molecule has 0 unspecified atom stereocenters. The summed E-state index contributed by atoms with van der Waals surface area (Å²) in [6.45, 7) is 0.186. The third kappa shape index (κ3) is 2.65. The Morgan fingerprint density at radius 1 is 1.00 bits per heavy atom. The number of rotatable bonds is 4. The molecule has 0 fully saturated rings. The minimum atomic E-state index is -0.473. The molecule has 1 aliphatic carbocycles. The Kier molecular flexibility index (Phi) is 3.54. The summed E-state index contributed by atoms with van der Waals surface area (Å²) in [6, 6.07) is 19.9. The lowest BCUT2D eigenvalue weighted by atomic mass is 10.1. The van der Waals surface area contributed by atoms with Gasteiger partial charge in [-0.25, -0.2) is 0 Å². The van der Waals surface area contributed by atoms with Gasteiger partial charge in [-0.1, -0.05) is 30.3 Å². The zero-order valence-electron chi connectivity index (χ0n) is 13.3. The van der Waals surface area contributed by atoms with Gasteiger partial charge in [-0.15, -0.1) is 0 Å². The Morgan fingerprint density at radius 2 is 1.76 bits per heavy atom. The lowest BCUT2D eigenvalue weighted by Crippen LogP contribution is -2.12. The lowest BCUT2D eigenvalue weighted by Gasteiger charge is -2.12. The molecule has 0 aromatic heterocycles. The number of Topliss-reactive ketones (excluding diaryl/α,β-unsaturated/α-hetero) is 1. The molecule has 0 N–H and O–H groups in total. The van der Waals surface area contributed by atoms with Gasteiger partial charge in [-0.05, 0) is 35.0 Å². The van der Waals surface area contributed by atoms with Crippen LogP contribution in [0.5, 0.6) is 0 Å². The number of fused-ring (bicyclic) bond motifs is 3. The third-order valence-electron chi connectivity index (χ3n) is 4.37. The van der Waals surface area contributed by atoms with Gasteiger partial charge < -0.3 is 4.57 Å². The number of hydrogen-bond acceptors (Lipinski definition) is 3. The van der Waals surface area contributed by atoms with Gasteiger partial charge in [0.2, 0.25) is 0 Å². The van der Waals surface area contributed by atoms with E-state index in [-0.39, 0.29) is 18.0 Å². The molecule has 0 bridgehead atoms. The Hall–Kier alpha value is -3.47. The minimum absolute atomic E-state index is 0.0198. The van der Waals surface area contributed by atoms with Crippen LogP contribution in [-0.4, -0.2) is 15.3 Å². The average Bonchev–Trinajstić information content (AvgIpc) is 3.01. The van der Waals surface area contributed by atoms with E-state index in [0.29, 0.717) is 5.56 Å². The predicted molar refractivity (Wildman–Crippen MR) is 96.0 cm³/mol. The van der Waals surface area contributed by atoms with Gasteiger partial charge in [0.25, 0.3) is 5.69 Å². The molecule has 0 amide bonds. The summed E-state index contributed by atoms with van der Waals surface area (Å²) >= 11 is 0. The highest BCUT2D eigenvalue weighted by Gasteiger charge is 2.15. The molecule has 2 aliphatic rings. The summed E-state index contributed by atoms with van der Waals surface area (Å²) in [7, 11) is 0. The van der Waals surface area contributed by atoms with Crippen molar-refractivity contribution in [1.82, 2.24) is 4.57 Å². The van der Waals surface area contributed by atoms with Crippen LogP contribution in [0.25, 0.3) is 22.0 Å². The first kappa shape index (κ1) is 15.1. The van der Waals surface area contributed by atoms with Crippen LogP contribution >= 0.6 is 0 Å². The van der Waals surface area contributed by atoms with Crippen molar-refractivity contribution in [2.75, 3.05) is 0 Å². The van der Waals surface area contributed by atoms with Crippen LogP contribution in [0.15, 0.2) is 72.9 Å². The largest absolute Gasteiger partial charge is 0.340 e. The molecule has 5 heteroatoms.